The normalized spacial score (nSPS) is 12.0. The second-order valence-corrected chi connectivity index (χ2v) is 17.8. The average Bonchev–Trinajstić information content (AvgIpc) is 3.29. The molecule has 0 spiro atoms. The third-order valence-corrected chi connectivity index (χ3v) is 9.50. The molecule has 2 atom stereocenters. The van der Waals surface area contributed by atoms with Crippen LogP contribution in [0.25, 0.3) is 32.3 Å². The monoisotopic (exact) mass is 1010 g/mol. The SMILES string of the molecule is CC(=O)N[C@@H](CCCN=C(NC(=O)OC(C)(C)C)NC(=O)OC(C)(C)C)C(=O)NCC(=O)N[C@@H](CC(=O)O)c1ccc(-c2ccc(OCCOCCOCCOCCOCCN=[N+]=[N-])c3ccccc23)cc1. The Morgan fingerprint density at radius 1 is 0.694 bits per heavy atom. The number of azide groups is 1. The minimum absolute atomic E-state index is 0.0215. The van der Waals surface area contributed by atoms with Crippen molar-refractivity contribution in [3.05, 3.63) is 76.7 Å². The molecule has 0 unspecified atom stereocenters. The number of carbonyl (C=O) groups excluding carboxylic acids is 5. The fourth-order valence-corrected chi connectivity index (χ4v) is 6.54. The van der Waals surface area contributed by atoms with Crippen LogP contribution in [0.5, 0.6) is 5.75 Å². The van der Waals surface area contributed by atoms with Crippen LogP contribution in [-0.4, -0.2) is 143 Å². The molecule has 0 aromatic heterocycles. The number of nitrogens with zero attached hydrogens (tertiary/aromatic N) is 4. The van der Waals surface area contributed by atoms with Crippen LogP contribution in [0, 0.1) is 0 Å². The lowest BCUT2D eigenvalue weighted by atomic mass is 9.95. The summed E-state index contributed by atoms with van der Waals surface area (Å²) >= 11 is 0. The van der Waals surface area contributed by atoms with Crippen molar-refractivity contribution >= 4 is 52.6 Å². The lowest BCUT2D eigenvalue weighted by molar-refractivity contribution is -0.138. The maximum atomic E-state index is 13.2. The zero-order valence-electron chi connectivity index (χ0n) is 42.1. The Morgan fingerprint density at radius 2 is 1.25 bits per heavy atom. The molecule has 0 heterocycles. The number of rotatable bonds is 29. The van der Waals surface area contributed by atoms with Crippen molar-refractivity contribution in [3.63, 3.8) is 0 Å². The third kappa shape index (κ3) is 24.7. The lowest BCUT2D eigenvalue weighted by Crippen LogP contribution is -2.49. The van der Waals surface area contributed by atoms with E-state index in [2.05, 4.69) is 41.6 Å². The van der Waals surface area contributed by atoms with Crippen LogP contribution in [0.2, 0.25) is 0 Å². The first-order valence-corrected chi connectivity index (χ1v) is 23.4. The second-order valence-electron chi connectivity index (χ2n) is 17.8. The zero-order valence-corrected chi connectivity index (χ0v) is 42.1. The predicted octanol–water partition coefficient (Wildman–Crippen LogP) is 5.70. The van der Waals surface area contributed by atoms with Crippen molar-refractivity contribution < 1.29 is 67.0 Å². The highest BCUT2D eigenvalue weighted by Crippen LogP contribution is 2.35. The van der Waals surface area contributed by atoms with Crippen LogP contribution >= 0.6 is 0 Å². The molecule has 0 bridgehead atoms. The lowest BCUT2D eigenvalue weighted by Gasteiger charge is -2.22. The number of guanidine groups is 1. The summed E-state index contributed by atoms with van der Waals surface area (Å²) in [5.74, 6) is -2.60. The van der Waals surface area contributed by atoms with Gasteiger partial charge in [-0.3, -0.25) is 34.8 Å². The zero-order chi connectivity index (χ0) is 52.9. The molecule has 0 radical (unpaired) electrons. The van der Waals surface area contributed by atoms with Gasteiger partial charge in [-0.2, -0.15) is 0 Å². The number of hydrogen-bond acceptors (Lipinski definition) is 15. The minimum Gasteiger partial charge on any atom is -0.491 e. The Hall–Kier alpha value is -7.04. The predicted molar refractivity (Wildman–Crippen MR) is 266 cm³/mol. The highest BCUT2D eigenvalue weighted by molar-refractivity contribution is 6.02. The summed E-state index contributed by atoms with van der Waals surface area (Å²) < 4.78 is 38.5. The largest absolute Gasteiger partial charge is 0.491 e. The summed E-state index contributed by atoms with van der Waals surface area (Å²) in [6.07, 6.45) is -1.97. The Bertz CT molecular complexity index is 2280. The molecule has 0 aliphatic rings. The van der Waals surface area contributed by atoms with Crippen LogP contribution in [0.3, 0.4) is 0 Å². The van der Waals surface area contributed by atoms with E-state index in [0.717, 1.165) is 21.9 Å². The fourth-order valence-electron chi connectivity index (χ4n) is 6.54. The van der Waals surface area contributed by atoms with Crippen molar-refractivity contribution in [1.82, 2.24) is 26.6 Å². The molecule has 3 aromatic carbocycles. The number of ether oxygens (including phenoxy) is 7. The molecule has 394 valence electrons. The van der Waals surface area contributed by atoms with Gasteiger partial charge in [0.1, 0.15) is 29.6 Å². The number of fused-ring (bicyclic) bond motifs is 1. The van der Waals surface area contributed by atoms with Crippen LogP contribution in [0.15, 0.2) is 70.8 Å². The van der Waals surface area contributed by atoms with Gasteiger partial charge in [0.25, 0.3) is 0 Å². The number of carboxylic acid groups (broad SMARTS) is 1. The molecule has 5 amide bonds. The second kappa shape index (κ2) is 31.3. The van der Waals surface area contributed by atoms with E-state index in [-0.39, 0.29) is 31.9 Å². The van der Waals surface area contributed by atoms with E-state index in [4.69, 9.17) is 38.7 Å². The number of nitrogens with one attached hydrogen (secondary N) is 5. The molecule has 72 heavy (non-hydrogen) atoms. The van der Waals surface area contributed by atoms with Crippen LogP contribution < -0.4 is 31.3 Å². The van der Waals surface area contributed by atoms with E-state index in [9.17, 15) is 33.9 Å². The number of hydrogen-bond donors (Lipinski definition) is 6. The van der Waals surface area contributed by atoms with Crippen molar-refractivity contribution in [2.75, 3.05) is 79.1 Å². The van der Waals surface area contributed by atoms with Crippen molar-refractivity contribution in [2.45, 2.75) is 91.0 Å². The van der Waals surface area contributed by atoms with Crippen molar-refractivity contribution in [1.29, 1.82) is 0 Å². The molecule has 0 aliphatic carbocycles. The first-order valence-electron chi connectivity index (χ1n) is 23.4. The minimum atomic E-state index is -1.16. The first kappa shape index (κ1) is 59.3. The third-order valence-electron chi connectivity index (χ3n) is 9.50. The van der Waals surface area contributed by atoms with Gasteiger partial charge in [-0.1, -0.05) is 59.7 Å². The molecule has 0 fully saturated rings. The van der Waals surface area contributed by atoms with Gasteiger partial charge in [0.15, 0.2) is 0 Å². The maximum absolute atomic E-state index is 13.2. The van der Waals surface area contributed by atoms with Gasteiger partial charge in [-0.25, -0.2) is 9.59 Å². The summed E-state index contributed by atoms with van der Waals surface area (Å²) in [5.41, 5.74) is 8.81. The Morgan fingerprint density at radius 3 is 1.79 bits per heavy atom. The number of carbonyl (C=O) groups is 6. The quantitative estimate of drug-likeness (QED) is 0.0121. The standard InChI is InChI=1S/C49H69N9O14/c1-33(59)54-39(13-10-20-51-45(56-46(64)71-48(2,3)4)57-47(65)72-49(5,6)7)44(63)52-32-42(60)55-40(31-43(61)62)35-16-14-34(15-17-35)36-18-19-41(38-12-9-8-11-37(36)38)70-30-29-69-28-27-68-26-25-67-24-23-66-22-21-53-58-50/h8-9,11-12,14-19,39-40H,10,13,20-32H2,1-7H3,(H,52,63)(H,54,59)(H,55,60)(H,61,62)(H2,51,56,57,64,65)/t39-,40-/m0/s1. The fraction of sp³-hybridized carbons (Fsp3) is 0.531. The first-order chi connectivity index (χ1) is 34.2. The van der Waals surface area contributed by atoms with Gasteiger partial charge < -0.3 is 54.2 Å². The molecule has 3 rings (SSSR count). The number of amides is 5. The molecular formula is C49H69N9O14. The Balaban J connectivity index is 1.54. The molecular weight excluding hydrogens is 939 g/mol. The average molecular weight is 1010 g/mol. The van der Waals surface area contributed by atoms with Gasteiger partial charge in [-0.05, 0) is 88.1 Å². The summed E-state index contributed by atoms with van der Waals surface area (Å²) in [6, 6.07) is 16.7. The van der Waals surface area contributed by atoms with Gasteiger partial charge in [0, 0.05) is 30.3 Å². The number of benzene rings is 3. The van der Waals surface area contributed by atoms with E-state index in [1.165, 1.54) is 6.92 Å². The summed E-state index contributed by atoms with van der Waals surface area (Å²) in [4.78, 5) is 82.2. The molecule has 23 nitrogen and oxygen atoms in total. The van der Waals surface area contributed by atoms with Crippen LogP contribution in [0.1, 0.15) is 79.3 Å². The Kier molecular flexibility index (Phi) is 25.8. The van der Waals surface area contributed by atoms with Gasteiger partial charge >= 0.3 is 18.2 Å². The van der Waals surface area contributed by atoms with E-state index < -0.39 is 72.1 Å². The molecule has 3 aromatic rings. The van der Waals surface area contributed by atoms with E-state index in [1.54, 1.807) is 53.7 Å². The number of aliphatic carboxylic acids is 1. The molecule has 0 aliphatic heterocycles. The topological polar surface area (TPSA) is 309 Å². The molecule has 6 N–H and O–H groups in total. The summed E-state index contributed by atoms with van der Waals surface area (Å²) in [6.45, 7) is 14.4. The number of aliphatic imine (C=N–C) groups is 1. The molecule has 0 saturated carbocycles. The van der Waals surface area contributed by atoms with Crippen molar-refractivity contribution in [3.8, 4) is 16.9 Å². The molecule has 23 heteroatoms. The van der Waals surface area contributed by atoms with Crippen molar-refractivity contribution in [2.24, 2.45) is 10.1 Å². The highest BCUT2D eigenvalue weighted by Gasteiger charge is 2.24. The van der Waals surface area contributed by atoms with E-state index >= 15 is 0 Å². The highest BCUT2D eigenvalue weighted by atomic mass is 16.6. The maximum Gasteiger partial charge on any atom is 0.414 e. The van der Waals surface area contributed by atoms with Crippen LogP contribution in [0.4, 0.5) is 9.59 Å². The summed E-state index contributed by atoms with van der Waals surface area (Å²) in [5, 5.41) is 27.4. The van der Waals surface area contributed by atoms with E-state index in [1.807, 2.05) is 48.5 Å². The smallest absolute Gasteiger partial charge is 0.414 e. The number of alkyl carbamates (subject to hydrolysis) is 2. The van der Waals surface area contributed by atoms with Gasteiger partial charge in [0.05, 0.1) is 71.9 Å². The summed E-state index contributed by atoms with van der Waals surface area (Å²) in [7, 11) is 0. The van der Waals surface area contributed by atoms with Gasteiger partial charge in [-0.15, -0.1) is 0 Å². The van der Waals surface area contributed by atoms with E-state index in [0.29, 0.717) is 70.8 Å². The molecule has 0 saturated heterocycles. The Labute approximate surface area is 419 Å². The number of carboxylic acids is 1. The van der Waals surface area contributed by atoms with Gasteiger partial charge in [0.2, 0.25) is 23.7 Å². The van der Waals surface area contributed by atoms with Crippen LogP contribution in [-0.2, 0) is 47.6 Å².